The Kier molecular flexibility index (Phi) is 4.72. The molecule has 0 aliphatic carbocycles. The highest BCUT2D eigenvalue weighted by Gasteiger charge is 2.28. The number of carbonyl (C=O) groups excluding carboxylic acids is 1. The normalized spacial score (nSPS) is 21.4. The van der Waals surface area contributed by atoms with E-state index in [-0.39, 0.29) is 5.91 Å². The summed E-state index contributed by atoms with van der Waals surface area (Å²) < 4.78 is 0. The van der Waals surface area contributed by atoms with Gasteiger partial charge >= 0.3 is 0 Å². The highest BCUT2D eigenvalue weighted by molar-refractivity contribution is 6.00. The molecule has 2 aliphatic heterocycles. The van der Waals surface area contributed by atoms with Crippen molar-refractivity contribution in [2.75, 3.05) is 31.1 Å². The van der Waals surface area contributed by atoms with Gasteiger partial charge in [0.1, 0.15) is 0 Å². The molecule has 5 nitrogen and oxygen atoms in total. The molecule has 25 heavy (non-hydrogen) atoms. The first kappa shape index (κ1) is 16.2. The Morgan fingerprint density at radius 3 is 2.68 bits per heavy atom. The zero-order valence-electron chi connectivity index (χ0n) is 14.7. The summed E-state index contributed by atoms with van der Waals surface area (Å²) in [6, 6.07) is 10.2. The second-order valence-electron chi connectivity index (χ2n) is 7.17. The topological polar surface area (TPSA) is 52.2 Å². The van der Waals surface area contributed by atoms with E-state index in [0.29, 0.717) is 5.92 Å². The first-order valence-electron chi connectivity index (χ1n) is 9.45. The Hall–Kier alpha value is -2.30. The van der Waals surface area contributed by atoms with Gasteiger partial charge in [-0.3, -0.25) is 9.89 Å². The zero-order chi connectivity index (χ0) is 17.1. The van der Waals surface area contributed by atoms with Crippen molar-refractivity contribution in [2.45, 2.75) is 38.0 Å². The highest BCUT2D eigenvalue weighted by Crippen LogP contribution is 2.29. The summed E-state index contributed by atoms with van der Waals surface area (Å²) in [5.41, 5.74) is 3.10. The van der Waals surface area contributed by atoms with Crippen LogP contribution in [0.15, 0.2) is 36.5 Å². The van der Waals surface area contributed by atoms with Crippen molar-refractivity contribution in [1.82, 2.24) is 15.1 Å². The summed E-state index contributed by atoms with van der Waals surface area (Å²) in [5, 5.41) is 7.14. The number of hydrogen-bond acceptors (Lipinski definition) is 3. The van der Waals surface area contributed by atoms with Crippen LogP contribution in [0.25, 0.3) is 0 Å². The molecule has 0 unspecified atom stereocenters. The molecule has 4 rings (SSSR count). The van der Waals surface area contributed by atoms with Crippen LogP contribution in [0.1, 0.15) is 54.1 Å². The van der Waals surface area contributed by atoms with Crippen LogP contribution in [-0.4, -0.2) is 47.2 Å². The van der Waals surface area contributed by atoms with Crippen LogP contribution in [0, 0.1) is 0 Å². The van der Waals surface area contributed by atoms with Gasteiger partial charge < -0.3 is 9.80 Å². The van der Waals surface area contributed by atoms with Crippen molar-refractivity contribution in [3.05, 3.63) is 47.8 Å². The van der Waals surface area contributed by atoms with E-state index in [4.69, 9.17) is 0 Å². The molecule has 2 aromatic rings. The lowest BCUT2D eigenvalue weighted by atomic mass is 9.94. The van der Waals surface area contributed by atoms with Crippen molar-refractivity contribution in [2.24, 2.45) is 0 Å². The van der Waals surface area contributed by atoms with Gasteiger partial charge in [-0.05, 0) is 50.3 Å². The van der Waals surface area contributed by atoms with Crippen LogP contribution in [0.4, 0.5) is 5.69 Å². The third-order valence-electron chi connectivity index (χ3n) is 5.50. The SMILES string of the molecule is O=C(c1ccccc1N1CCCCC1)N1CCC[C@H](c2ccn[nH]2)C1. The summed E-state index contributed by atoms with van der Waals surface area (Å²) in [6.45, 7) is 3.73. The number of hydrogen-bond donors (Lipinski definition) is 1. The Bertz CT molecular complexity index is 706. The molecule has 0 radical (unpaired) electrons. The van der Waals surface area contributed by atoms with E-state index in [1.54, 1.807) is 6.20 Å². The molecule has 2 aliphatic rings. The van der Waals surface area contributed by atoms with E-state index in [9.17, 15) is 4.79 Å². The number of H-pyrrole nitrogens is 1. The van der Waals surface area contributed by atoms with Gasteiger partial charge in [0.2, 0.25) is 0 Å². The smallest absolute Gasteiger partial charge is 0.255 e. The summed E-state index contributed by atoms with van der Waals surface area (Å²) in [7, 11) is 0. The molecule has 5 heteroatoms. The first-order valence-corrected chi connectivity index (χ1v) is 9.45. The molecule has 3 heterocycles. The molecular weight excluding hydrogens is 312 g/mol. The predicted molar refractivity (Wildman–Crippen MR) is 99.0 cm³/mol. The van der Waals surface area contributed by atoms with Crippen LogP contribution in [0.2, 0.25) is 0 Å². The summed E-state index contributed by atoms with van der Waals surface area (Å²) >= 11 is 0. The molecular formula is C20H26N4O. The molecule has 1 amide bonds. The minimum atomic E-state index is 0.172. The monoisotopic (exact) mass is 338 g/mol. The van der Waals surface area contributed by atoms with Crippen LogP contribution >= 0.6 is 0 Å². The quantitative estimate of drug-likeness (QED) is 0.933. The number of nitrogens with one attached hydrogen (secondary N) is 1. The van der Waals surface area contributed by atoms with Crippen LogP contribution < -0.4 is 4.90 Å². The number of rotatable bonds is 3. The number of piperidine rings is 2. The minimum Gasteiger partial charge on any atom is -0.371 e. The average Bonchev–Trinajstić information content (AvgIpc) is 3.23. The second-order valence-corrected chi connectivity index (χ2v) is 7.17. The molecule has 0 spiro atoms. The minimum absolute atomic E-state index is 0.172. The van der Waals surface area contributed by atoms with E-state index in [0.717, 1.165) is 56.0 Å². The van der Waals surface area contributed by atoms with Crippen molar-refractivity contribution in [3.63, 3.8) is 0 Å². The van der Waals surface area contributed by atoms with E-state index < -0.39 is 0 Å². The van der Waals surface area contributed by atoms with Crippen molar-refractivity contribution < 1.29 is 4.79 Å². The third kappa shape index (κ3) is 3.41. The van der Waals surface area contributed by atoms with Gasteiger partial charge in [-0.1, -0.05) is 12.1 Å². The predicted octanol–water partition coefficient (Wildman–Crippen LogP) is 3.42. The standard InChI is InChI=1S/C20H26N4O/c25-20(24-14-6-7-16(15-24)18-10-11-21-22-18)17-8-2-3-9-19(17)23-12-4-1-5-13-23/h2-3,8-11,16H,1,4-7,12-15H2,(H,21,22)/t16-/m0/s1. The van der Waals surface area contributed by atoms with Crippen molar-refractivity contribution in [1.29, 1.82) is 0 Å². The van der Waals surface area contributed by atoms with E-state index in [1.807, 2.05) is 29.2 Å². The van der Waals surface area contributed by atoms with Gasteiger partial charge in [-0.15, -0.1) is 0 Å². The van der Waals surface area contributed by atoms with Crippen molar-refractivity contribution in [3.8, 4) is 0 Å². The molecule has 132 valence electrons. The fourth-order valence-electron chi connectivity index (χ4n) is 4.14. The molecule has 2 saturated heterocycles. The highest BCUT2D eigenvalue weighted by atomic mass is 16.2. The van der Waals surface area contributed by atoms with Gasteiger partial charge in [0.05, 0.1) is 5.56 Å². The number of benzene rings is 1. The summed E-state index contributed by atoms with van der Waals surface area (Å²) in [5.74, 6) is 0.535. The molecule has 1 N–H and O–H groups in total. The van der Waals surface area contributed by atoms with Gasteiger partial charge in [-0.25, -0.2) is 0 Å². The fraction of sp³-hybridized carbons (Fsp3) is 0.500. The fourth-order valence-corrected chi connectivity index (χ4v) is 4.14. The average molecular weight is 338 g/mol. The third-order valence-corrected chi connectivity index (χ3v) is 5.50. The Labute approximate surface area is 149 Å². The summed E-state index contributed by atoms with van der Waals surface area (Å²) in [6.07, 6.45) is 7.68. The lowest BCUT2D eigenvalue weighted by Gasteiger charge is -2.35. The van der Waals surface area contributed by atoms with Gasteiger partial charge in [0.15, 0.2) is 0 Å². The van der Waals surface area contributed by atoms with Crippen LogP contribution in [0.5, 0.6) is 0 Å². The maximum atomic E-state index is 13.3. The molecule has 1 aromatic heterocycles. The Balaban J connectivity index is 1.54. The molecule has 0 bridgehead atoms. The molecule has 1 atom stereocenters. The van der Waals surface area contributed by atoms with Crippen molar-refractivity contribution >= 4 is 11.6 Å². The number of anilines is 1. The Morgan fingerprint density at radius 1 is 1.04 bits per heavy atom. The van der Waals surface area contributed by atoms with Crippen LogP contribution in [-0.2, 0) is 0 Å². The number of para-hydroxylation sites is 1. The first-order chi connectivity index (χ1) is 12.3. The number of aromatic amines is 1. The number of amides is 1. The van der Waals surface area contributed by atoms with Gasteiger partial charge in [0.25, 0.3) is 5.91 Å². The zero-order valence-corrected chi connectivity index (χ0v) is 14.7. The maximum Gasteiger partial charge on any atom is 0.255 e. The van der Waals surface area contributed by atoms with Crippen LogP contribution in [0.3, 0.4) is 0 Å². The maximum absolute atomic E-state index is 13.3. The number of carbonyl (C=O) groups is 1. The summed E-state index contributed by atoms with van der Waals surface area (Å²) in [4.78, 5) is 17.7. The molecule has 2 fully saturated rings. The molecule has 0 saturated carbocycles. The van der Waals surface area contributed by atoms with Gasteiger partial charge in [-0.2, -0.15) is 5.10 Å². The largest absolute Gasteiger partial charge is 0.371 e. The number of nitrogens with zero attached hydrogens (tertiary/aromatic N) is 3. The Morgan fingerprint density at radius 2 is 1.88 bits per heavy atom. The lowest BCUT2D eigenvalue weighted by Crippen LogP contribution is -2.40. The molecule has 1 aromatic carbocycles. The van der Waals surface area contributed by atoms with E-state index in [1.165, 1.54) is 19.3 Å². The lowest BCUT2D eigenvalue weighted by molar-refractivity contribution is 0.0706. The van der Waals surface area contributed by atoms with E-state index in [2.05, 4.69) is 21.2 Å². The number of likely N-dealkylation sites (tertiary alicyclic amines) is 1. The number of aromatic nitrogens is 2. The second kappa shape index (κ2) is 7.30. The van der Waals surface area contributed by atoms with Gasteiger partial charge in [0, 0.05) is 49.7 Å². The van der Waals surface area contributed by atoms with E-state index >= 15 is 0 Å².